The van der Waals surface area contributed by atoms with Gasteiger partial charge in [0.25, 0.3) is 0 Å². The minimum atomic E-state index is -0.366. The molecule has 0 aromatic heterocycles. The summed E-state index contributed by atoms with van der Waals surface area (Å²) < 4.78 is 24.4. The summed E-state index contributed by atoms with van der Waals surface area (Å²) in [7, 11) is 0. The van der Waals surface area contributed by atoms with Gasteiger partial charge >= 0.3 is 5.97 Å². The van der Waals surface area contributed by atoms with Crippen molar-refractivity contribution in [1.82, 2.24) is 0 Å². The minimum Gasteiger partial charge on any atom is -0.466 e. The maximum atomic E-state index is 14.2. The Morgan fingerprint density at radius 3 is 2.95 bits per heavy atom. The number of hydrogen-bond donors (Lipinski definition) is 0. The molecule has 21 heavy (non-hydrogen) atoms. The summed E-state index contributed by atoms with van der Waals surface area (Å²) >= 11 is 0. The number of carbonyl (C=O) groups is 1. The number of ether oxygens (including phenoxy) is 2. The molecule has 1 aromatic carbocycles. The molecule has 0 unspecified atom stereocenters. The van der Waals surface area contributed by atoms with Gasteiger partial charge < -0.3 is 9.47 Å². The molecule has 3 nitrogen and oxygen atoms in total. The third kappa shape index (κ3) is 3.79. The topological polar surface area (TPSA) is 35.5 Å². The van der Waals surface area contributed by atoms with Crippen LogP contribution in [0.15, 0.2) is 24.8 Å². The molecule has 0 fully saturated rings. The van der Waals surface area contributed by atoms with Gasteiger partial charge in [0.1, 0.15) is 5.82 Å². The van der Waals surface area contributed by atoms with Gasteiger partial charge in [-0.05, 0) is 36.1 Å². The van der Waals surface area contributed by atoms with E-state index in [1.165, 1.54) is 12.1 Å². The molecule has 0 bridgehead atoms. The van der Waals surface area contributed by atoms with Crippen molar-refractivity contribution < 1.29 is 18.7 Å². The van der Waals surface area contributed by atoms with Gasteiger partial charge in [0.05, 0.1) is 26.2 Å². The molecule has 0 aliphatic carbocycles. The van der Waals surface area contributed by atoms with Crippen LogP contribution in [0.1, 0.15) is 30.0 Å². The molecule has 1 heterocycles. The molecule has 0 amide bonds. The lowest BCUT2D eigenvalue weighted by molar-refractivity contribution is -0.142. The predicted octanol–water partition coefficient (Wildman–Crippen LogP) is 3.38. The van der Waals surface area contributed by atoms with Crippen LogP contribution in [0.2, 0.25) is 0 Å². The molecule has 1 aromatic rings. The van der Waals surface area contributed by atoms with Crippen LogP contribution in [0.5, 0.6) is 0 Å². The molecule has 0 N–H and O–H groups in total. The first kappa shape index (κ1) is 15.4. The molecule has 2 rings (SSSR count). The summed E-state index contributed by atoms with van der Waals surface area (Å²) in [5, 5.41) is 0. The van der Waals surface area contributed by atoms with E-state index in [1.54, 1.807) is 6.92 Å². The summed E-state index contributed by atoms with van der Waals surface area (Å²) in [5.41, 5.74) is 2.80. The number of esters is 1. The molecule has 1 aliphatic rings. The molecule has 0 spiro atoms. The second-order valence-electron chi connectivity index (χ2n) is 4.77. The predicted molar refractivity (Wildman–Crippen MR) is 80.2 cm³/mol. The molecule has 0 saturated heterocycles. The molecule has 0 radical (unpaired) electrons. The van der Waals surface area contributed by atoms with Crippen LogP contribution in [-0.2, 0) is 20.7 Å². The van der Waals surface area contributed by atoms with E-state index in [1.807, 2.05) is 12.1 Å². The number of rotatable bonds is 5. The first-order valence-corrected chi connectivity index (χ1v) is 7.03. The van der Waals surface area contributed by atoms with Crippen LogP contribution in [0, 0.1) is 5.82 Å². The molecule has 0 saturated carbocycles. The number of halogens is 1. The fourth-order valence-corrected chi connectivity index (χ4v) is 2.39. The van der Waals surface area contributed by atoms with Crippen molar-refractivity contribution in [3.8, 4) is 0 Å². The van der Waals surface area contributed by atoms with Gasteiger partial charge in [0, 0.05) is 5.56 Å². The molecule has 1 aliphatic heterocycles. The molecule has 0 atom stereocenters. The lowest BCUT2D eigenvalue weighted by Crippen LogP contribution is -2.10. The Balaban J connectivity index is 2.36. The summed E-state index contributed by atoms with van der Waals surface area (Å²) in [6, 6.07) is 3.33. The van der Waals surface area contributed by atoms with Gasteiger partial charge in [-0.3, -0.25) is 4.79 Å². The van der Waals surface area contributed by atoms with Crippen molar-refractivity contribution in [3.05, 3.63) is 47.3 Å². The number of benzene rings is 1. The van der Waals surface area contributed by atoms with Crippen LogP contribution < -0.4 is 0 Å². The summed E-state index contributed by atoms with van der Waals surface area (Å²) in [6.07, 6.45) is 4.17. The van der Waals surface area contributed by atoms with Gasteiger partial charge in [-0.15, -0.1) is 0 Å². The third-order valence-corrected chi connectivity index (χ3v) is 3.39. The van der Waals surface area contributed by atoms with E-state index in [0.29, 0.717) is 30.9 Å². The summed E-state index contributed by atoms with van der Waals surface area (Å²) in [4.78, 5) is 11.7. The highest BCUT2D eigenvalue weighted by molar-refractivity contribution is 5.76. The Kier molecular flexibility index (Phi) is 5.28. The zero-order valence-electron chi connectivity index (χ0n) is 12.2. The second-order valence-corrected chi connectivity index (χ2v) is 4.77. The molecule has 112 valence electrons. The third-order valence-electron chi connectivity index (χ3n) is 3.39. The van der Waals surface area contributed by atoms with E-state index in [4.69, 9.17) is 9.47 Å². The smallest absolute Gasteiger partial charge is 0.310 e. The van der Waals surface area contributed by atoms with E-state index >= 15 is 0 Å². The van der Waals surface area contributed by atoms with E-state index in [9.17, 15) is 9.18 Å². The normalized spacial score (nSPS) is 14.5. The van der Waals surface area contributed by atoms with Crippen molar-refractivity contribution >= 4 is 17.6 Å². The summed E-state index contributed by atoms with van der Waals surface area (Å²) in [5.74, 6) is -0.729. The highest BCUT2D eigenvalue weighted by atomic mass is 19.1. The SMILES string of the molecule is C=Cc1c(F)cc(C2=CCOCC2)cc1CC(=O)OCC. The van der Waals surface area contributed by atoms with Crippen LogP contribution >= 0.6 is 0 Å². The van der Waals surface area contributed by atoms with Crippen LogP contribution in [-0.4, -0.2) is 25.8 Å². The zero-order chi connectivity index (χ0) is 15.2. The van der Waals surface area contributed by atoms with Crippen molar-refractivity contribution in [3.63, 3.8) is 0 Å². The van der Waals surface area contributed by atoms with Crippen LogP contribution in [0.3, 0.4) is 0 Å². The Morgan fingerprint density at radius 2 is 2.33 bits per heavy atom. The van der Waals surface area contributed by atoms with Gasteiger partial charge in [-0.1, -0.05) is 24.8 Å². The fraction of sp³-hybridized carbons (Fsp3) is 0.353. The van der Waals surface area contributed by atoms with Crippen molar-refractivity contribution in [2.24, 2.45) is 0 Å². The Hall–Kier alpha value is -1.94. The molecular formula is C17H19FO3. The van der Waals surface area contributed by atoms with E-state index in [0.717, 1.165) is 17.6 Å². The van der Waals surface area contributed by atoms with Gasteiger partial charge in [0.15, 0.2) is 0 Å². The van der Waals surface area contributed by atoms with Crippen molar-refractivity contribution in [2.45, 2.75) is 19.8 Å². The van der Waals surface area contributed by atoms with Gasteiger partial charge in [-0.2, -0.15) is 0 Å². The largest absolute Gasteiger partial charge is 0.466 e. The standard InChI is InChI=1S/C17H19FO3/c1-3-15-14(11-17(19)21-4-2)9-13(10-16(15)18)12-5-7-20-8-6-12/h3,5,9-10H,1,4,6-8,11H2,2H3. The van der Waals surface area contributed by atoms with Crippen LogP contribution in [0.25, 0.3) is 11.6 Å². The average Bonchev–Trinajstić information content (AvgIpc) is 2.48. The molecular weight excluding hydrogens is 271 g/mol. The van der Waals surface area contributed by atoms with Crippen LogP contribution in [0.4, 0.5) is 4.39 Å². The number of carbonyl (C=O) groups excluding carboxylic acids is 1. The lowest BCUT2D eigenvalue weighted by Gasteiger charge is -2.16. The lowest BCUT2D eigenvalue weighted by atomic mass is 9.94. The van der Waals surface area contributed by atoms with E-state index in [-0.39, 0.29) is 18.2 Å². The Morgan fingerprint density at radius 1 is 1.52 bits per heavy atom. The highest BCUT2D eigenvalue weighted by Gasteiger charge is 2.15. The van der Waals surface area contributed by atoms with Gasteiger partial charge in [0.2, 0.25) is 0 Å². The number of hydrogen-bond acceptors (Lipinski definition) is 3. The van der Waals surface area contributed by atoms with Crippen molar-refractivity contribution in [2.75, 3.05) is 19.8 Å². The highest BCUT2D eigenvalue weighted by Crippen LogP contribution is 2.27. The quantitative estimate of drug-likeness (QED) is 0.780. The Bertz CT molecular complexity index is 576. The van der Waals surface area contributed by atoms with E-state index in [2.05, 4.69) is 6.58 Å². The van der Waals surface area contributed by atoms with Crippen molar-refractivity contribution in [1.29, 1.82) is 0 Å². The zero-order valence-corrected chi connectivity index (χ0v) is 12.2. The minimum absolute atomic E-state index is 0.0454. The molecule has 4 heteroatoms. The average molecular weight is 290 g/mol. The first-order chi connectivity index (χ1) is 10.2. The first-order valence-electron chi connectivity index (χ1n) is 7.03. The second kappa shape index (κ2) is 7.18. The van der Waals surface area contributed by atoms with Gasteiger partial charge in [-0.25, -0.2) is 4.39 Å². The van der Waals surface area contributed by atoms with E-state index < -0.39 is 0 Å². The maximum Gasteiger partial charge on any atom is 0.310 e. The fourth-order valence-electron chi connectivity index (χ4n) is 2.39. The Labute approximate surface area is 124 Å². The monoisotopic (exact) mass is 290 g/mol. The summed E-state index contributed by atoms with van der Waals surface area (Å²) in [6.45, 7) is 6.84. The maximum absolute atomic E-state index is 14.2.